The van der Waals surface area contributed by atoms with Crippen LogP contribution in [-0.2, 0) is 15.4 Å². The van der Waals surface area contributed by atoms with Crippen molar-refractivity contribution in [2.75, 3.05) is 13.1 Å². The highest BCUT2D eigenvalue weighted by Gasteiger charge is 2.53. The molecule has 0 radical (unpaired) electrons. The largest absolute Gasteiger partial charge is 0.270 e. The normalized spacial score (nSPS) is 19.1. The highest BCUT2D eigenvalue weighted by molar-refractivity contribution is 7.77. The summed E-state index contributed by atoms with van der Waals surface area (Å²) in [5.74, 6) is -0.674. The molecule has 1 saturated heterocycles. The van der Waals surface area contributed by atoms with E-state index in [1.165, 1.54) is 4.90 Å². The molecule has 2 heterocycles. The van der Waals surface area contributed by atoms with Gasteiger partial charge in [0, 0.05) is 13.1 Å². The number of imide groups is 1. The van der Waals surface area contributed by atoms with Gasteiger partial charge in [-0.15, -0.1) is 0 Å². The second kappa shape index (κ2) is 8.84. The molecule has 1 fully saturated rings. The Morgan fingerprint density at radius 1 is 0.893 bits per heavy atom. The van der Waals surface area contributed by atoms with Crippen molar-refractivity contribution in [3.05, 3.63) is 35.4 Å². The van der Waals surface area contributed by atoms with E-state index >= 15 is 0 Å². The van der Waals surface area contributed by atoms with Crippen molar-refractivity contribution in [2.24, 2.45) is 0 Å². The van der Waals surface area contributed by atoms with Crippen LogP contribution in [0.3, 0.4) is 0 Å². The second-order valence-electron chi connectivity index (χ2n) is 7.85. The maximum Gasteiger partial charge on any atom is 0.262 e. The molecule has 0 aromatic heterocycles. The topological polar surface area (TPSA) is 66.9 Å². The van der Waals surface area contributed by atoms with Gasteiger partial charge in [-0.1, -0.05) is 32.4 Å². The predicted molar refractivity (Wildman–Crippen MR) is 111 cm³/mol. The molecule has 0 aliphatic carbocycles. The molecule has 0 spiro atoms. The lowest BCUT2D eigenvalue weighted by atomic mass is 9.84. The van der Waals surface area contributed by atoms with Crippen LogP contribution in [0.5, 0.6) is 0 Å². The zero-order valence-corrected chi connectivity index (χ0v) is 18.6. The number of carbonyl (C=O) groups is 2. The van der Waals surface area contributed by atoms with Gasteiger partial charge in [0.05, 0.1) is 16.7 Å². The first kappa shape index (κ1) is 22.7. The minimum Gasteiger partial charge on any atom is -0.270 e. The van der Waals surface area contributed by atoms with Crippen LogP contribution in [0.2, 0.25) is 0 Å². The Morgan fingerprint density at radius 2 is 1.36 bits per heavy atom. The van der Waals surface area contributed by atoms with E-state index in [2.05, 4.69) is 0 Å². The van der Waals surface area contributed by atoms with Crippen LogP contribution in [0.1, 0.15) is 81.5 Å². The van der Waals surface area contributed by atoms with Crippen LogP contribution in [0, 0.1) is 0 Å². The van der Waals surface area contributed by atoms with Gasteiger partial charge in [-0.05, 0) is 52.7 Å². The molecule has 6 nitrogen and oxygen atoms in total. The molecule has 0 N–H and O–H groups in total. The number of hydrogen-bond donors (Lipinski definition) is 0. The van der Waals surface area contributed by atoms with Crippen molar-refractivity contribution in [3.8, 4) is 0 Å². The summed E-state index contributed by atoms with van der Waals surface area (Å²) in [6.07, 6.45) is 3.13. The van der Waals surface area contributed by atoms with Crippen LogP contribution in [0.15, 0.2) is 24.3 Å². The first-order chi connectivity index (χ1) is 13.2. The van der Waals surface area contributed by atoms with Crippen LogP contribution in [0.4, 0.5) is 0 Å². The molecule has 1 aromatic carbocycles. The fraction of sp³-hybridized carbons (Fsp3) is 0.619. The molecule has 156 valence electrons. The van der Waals surface area contributed by atoms with Gasteiger partial charge < -0.3 is 0 Å². The van der Waals surface area contributed by atoms with Crippen molar-refractivity contribution in [2.45, 2.75) is 71.9 Å². The van der Waals surface area contributed by atoms with Gasteiger partial charge >= 0.3 is 0 Å². The van der Waals surface area contributed by atoms with Crippen molar-refractivity contribution in [1.82, 2.24) is 9.21 Å². The number of carbonyl (C=O) groups excluding carboxylic acids is 2. The first-order valence-electron chi connectivity index (χ1n) is 10.0. The van der Waals surface area contributed by atoms with E-state index in [1.807, 2.05) is 18.2 Å². The molecule has 1 aromatic rings. The molecular formula is C21H32N2O4S. The van der Waals surface area contributed by atoms with E-state index in [0.29, 0.717) is 11.1 Å². The smallest absolute Gasteiger partial charge is 0.262 e. The summed E-state index contributed by atoms with van der Waals surface area (Å²) in [6, 6.07) is 6.80. The SMILES string of the molecule is CC.CC(C)(OS(=O)N1CCCCC1)C(C)(C)N1C(=O)c2ccccc2C1=O. The lowest BCUT2D eigenvalue weighted by molar-refractivity contribution is -0.0281. The molecule has 7 heteroatoms. The van der Waals surface area contributed by atoms with Crippen molar-refractivity contribution >= 4 is 23.1 Å². The number of hydrogen-bond acceptors (Lipinski definition) is 4. The van der Waals surface area contributed by atoms with Gasteiger partial charge in [-0.25, -0.2) is 8.51 Å². The third-order valence-electron chi connectivity index (χ3n) is 5.63. The Labute approximate surface area is 171 Å². The molecule has 28 heavy (non-hydrogen) atoms. The van der Waals surface area contributed by atoms with Gasteiger partial charge in [0.25, 0.3) is 11.8 Å². The molecule has 2 amide bonds. The van der Waals surface area contributed by atoms with Crippen molar-refractivity contribution in [1.29, 1.82) is 0 Å². The van der Waals surface area contributed by atoms with Crippen LogP contribution < -0.4 is 0 Å². The summed E-state index contributed by atoms with van der Waals surface area (Å²) in [4.78, 5) is 26.9. The molecule has 3 rings (SSSR count). The van der Waals surface area contributed by atoms with Gasteiger partial charge in [0.2, 0.25) is 11.3 Å². The van der Waals surface area contributed by atoms with Crippen LogP contribution >= 0.6 is 0 Å². The van der Waals surface area contributed by atoms with E-state index < -0.39 is 22.4 Å². The average molecular weight is 409 g/mol. The lowest BCUT2D eigenvalue weighted by Gasteiger charge is -2.45. The number of nitrogens with zero attached hydrogens (tertiary/aromatic N) is 2. The molecule has 1 atom stereocenters. The molecule has 2 aliphatic rings. The monoisotopic (exact) mass is 408 g/mol. The van der Waals surface area contributed by atoms with Crippen molar-refractivity contribution < 1.29 is 18.0 Å². The van der Waals surface area contributed by atoms with Crippen molar-refractivity contribution in [3.63, 3.8) is 0 Å². The Kier molecular flexibility index (Phi) is 7.17. The summed E-state index contributed by atoms with van der Waals surface area (Å²) in [5.41, 5.74) is -1.18. The van der Waals surface area contributed by atoms with Gasteiger partial charge in [-0.2, -0.15) is 0 Å². The summed E-state index contributed by atoms with van der Waals surface area (Å²) in [7, 11) is 0. The Hall–Kier alpha value is -1.57. The standard InChI is InChI=1S/C19H26N2O4S.C2H6/c1-18(2,19(3,4)25-26(24)20-12-8-5-9-13-20)21-16(22)14-10-6-7-11-15(14)17(21)23;1-2/h6-7,10-11H,5,8-9,12-13H2,1-4H3;1-2H3. The number of benzene rings is 1. The predicted octanol–water partition coefficient (Wildman–Crippen LogP) is 3.95. The van der Waals surface area contributed by atoms with E-state index in [0.717, 1.165) is 32.4 Å². The van der Waals surface area contributed by atoms with Gasteiger partial charge in [0.15, 0.2) is 0 Å². The quantitative estimate of drug-likeness (QED) is 0.692. The number of fused-ring (bicyclic) bond motifs is 1. The van der Waals surface area contributed by atoms with Gasteiger partial charge in [-0.3, -0.25) is 18.7 Å². The maximum atomic E-state index is 12.9. The second-order valence-corrected chi connectivity index (χ2v) is 8.97. The summed E-state index contributed by atoms with van der Waals surface area (Å²) >= 11 is -1.61. The summed E-state index contributed by atoms with van der Waals surface area (Å²) in [6.45, 7) is 12.6. The highest BCUT2D eigenvalue weighted by atomic mass is 32.2. The zero-order chi connectivity index (χ0) is 21.1. The Morgan fingerprint density at radius 3 is 1.82 bits per heavy atom. The van der Waals surface area contributed by atoms with Crippen LogP contribution in [-0.4, -0.2) is 49.5 Å². The number of piperidine rings is 1. The Bertz CT molecular complexity index is 720. The molecule has 2 aliphatic heterocycles. The fourth-order valence-electron chi connectivity index (χ4n) is 3.31. The van der Waals surface area contributed by atoms with Crippen LogP contribution in [0.25, 0.3) is 0 Å². The first-order valence-corrected chi connectivity index (χ1v) is 11.0. The Balaban J connectivity index is 0.00000136. The zero-order valence-electron chi connectivity index (χ0n) is 17.8. The van der Waals surface area contributed by atoms with E-state index in [-0.39, 0.29) is 11.8 Å². The van der Waals surface area contributed by atoms with Gasteiger partial charge in [0.1, 0.15) is 5.60 Å². The third-order valence-corrected chi connectivity index (χ3v) is 6.98. The number of amides is 2. The average Bonchev–Trinajstić information content (AvgIpc) is 2.95. The highest BCUT2D eigenvalue weighted by Crippen LogP contribution is 2.38. The van der Waals surface area contributed by atoms with E-state index in [1.54, 1.807) is 52.0 Å². The fourth-order valence-corrected chi connectivity index (χ4v) is 4.54. The summed E-state index contributed by atoms with van der Waals surface area (Å²) < 4.78 is 20.4. The molecule has 0 bridgehead atoms. The van der Waals surface area contributed by atoms with E-state index in [9.17, 15) is 13.8 Å². The minimum absolute atomic E-state index is 0.337. The lowest BCUT2D eigenvalue weighted by Crippen LogP contribution is -2.61. The third kappa shape index (κ3) is 4.07. The maximum absolute atomic E-state index is 12.9. The minimum atomic E-state index is -1.61. The summed E-state index contributed by atoms with van der Waals surface area (Å²) in [5, 5.41) is 0. The molecule has 0 saturated carbocycles. The molecular weight excluding hydrogens is 376 g/mol. The molecule has 1 unspecified atom stereocenters. The van der Waals surface area contributed by atoms with E-state index in [4.69, 9.17) is 4.18 Å². The number of rotatable bonds is 5.